The molecule has 0 unspecified atom stereocenters. The molecular weight excluding hydrogens is 228 g/mol. The Labute approximate surface area is 96.6 Å². The summed E-state index contributed by atoms with van der Waals surface area (Å²) >= 11 is 0. The summed E-state index contributed by atoms with van der Waals surface area (Å²) in [5.41, 5.74) is 0.441. The molecule has 0 aliphatic carbocycles. The molecule has 0 aromatic carbocycles. The number of aromatic nitrogens is 2. The number of carboxylic acid groups (broad SMARTS) is 1. The standard InChI is InChI=1S/C9H12N4O4/c1-13-5-6(4-10-13)11-9(17)12-7(14)2-3-8(15)16/h4-5H,2-3H2,1H3,(H,15,16)(H2,11,12,14,17). The molecule has 0 saturated carbocycles. The van der Waals surface area contributed by atoms with Crippen LogP contribution in [0, 0.1) is 0 Å². The average molecular weight is 240 g/mol. The highest BCUT2D eigenvalue weighted by Gasteiger charge is 2.10. The Kier molecular flexibility index (Phi) is 4.21. The van der Waals surface area contributed by atoms with Crippen molar-refractivity contribution < 1.29 is 19.5 Å². The van der Waals surface area contributed by atoms with Crippen molar-refractivity contribution >= 4 is 23.6 Å². The number of carbonyl (C=O) groups excluding carboxylic acids is 2. The number of aryl methyl sites for hydroxylation is 1. The van der Waals surface area contributed by atoms with E-state index >= 15 is 0 Å². The second-order valence-electron chi connectivity index (χ2n) is 3.30. The molecule has 8 nitrogen and oxygen atoms in total. The van der Waals surface area contributed by atoms with Gasteiger partial charge in [-0.2, -0.15) is 5.10 Å². The molecule has 3 N–H and O–H groups in total. The van der Waals surface area contributed by atoms with Crippen molar-refractivity contribution in [1.82, 2.24) is 15.1 Å². The van der Waals surface area contributed by atoms with Crippen molar-refractivity contribution in [3.05, 3.63) is 12.4 Å². The lowest BCUT2D eigenvalue weighted by Gasteiger charge is -2.03. The van der Waals surface area contributed by atoms with Crippen molar-refractivity contribution in [2.24, 2.45) is 7.05 Å². The normalized spacial score (nSPS) is 9.71. The van der Waals surface area contributed by atoms with Crippen LogP contribution in [0.5, 0.6) is 0 Å². The Morgan fingerprint density at radius 1 is 1.41 bits per heavy atom. The van der Waals surface area contributed by atoms with E-state index in [4.69, 9.17) is 5.11 Å². The van der Waals surface area contributed by atoms with E-state index in [2.05, 4.69) is 10.4 Å². The molecular formula is C9H12N4O4. The van der Waals surface area contributed by atoms with Gasteiger partial charge in [-0.3, -0.25) is 19.6 Å². The van der Waals surface area contributed by atoms with E-state index in [-0.39, 0.29) is 12.8 Å². The number of hydrogen-bond donors (Lipinski definition) is 3. The van der Waals surface area contributed by atoms with E-state index in [1.807, 2.05) is 5.32 Å². The summed E-state index contributed by atoms with van der Waals surface area (Å²) in [4.78, 5) is 32.5. The molecule has 1 aromatic rings. The molecule has 0 saturated heterocycles. The van der Waals surface area contributed by atoms with Gasteiger partial charge in [-0.25, -0.2) is 4.79 Å². The molecule has 0 radical (unpaired) electrons. The van der Waals surface area contributed by atoms with Crippen LogP contribution in [0.2, 0.25) is 0 Å². The van der Waals surface area contributed by atoms with Crippen molar-refractivity contribution in [2.45, 2.75) is 12.8 Å². The van der Waals surface area contributed by atoms with Gasteiger partial charge in [0.25, 0.3) is 0 Å². The Bertz CT molecular complexity index is 440. The second kappa shape index (κ2) is 5.64. The zero-order valence-electron chi connectivity index (χ0n) is 9.14. The zero-order chi connectivity index (χ0) is 12.8. The number of nitrogens with zero attached hydrogens (tertiary/aromatic N) is 2. The van der Waals surface area contributed by atoms with Gasteiger partial charge >= 0.3 is 12.0 Å². The van der Waals surface area contributed by atoms with Gasteiger partial charge in [-0.1, -0.05) is 0 Å². The number of carbonyl (C=O) groups is 3. The minimum Gasteiger partial charge on any atom is -0.481 e. The molecule has 0 bridgehead atoms. The van der Waals surface area contributed by atoms with Crippen molar-refractivity contribution in [3.63, 3.8) is 0 Å². The SMILES string of the molecule is Cn1cc(NC(=O)NC(=O)CCC(=O)O)cn1. The van der Waals surface area contributed by atoms with Crippen LogP contribution in [0.15, 0.2) is 12.4 Å². The molecule has 17 heavy (non-hydrogen) atoms. The molecule has 0 aliphatic rings. The Balaban J connectivity index is 2.34. The van der Waals surface area contributed by atoms with Crippen molar-refractivity contribution in [2.75, 3.05) is 5.32 Å². The number of aliphatic carboxylic acids is 1. The number of amides is 3. The van der Waals surface area contributed by atoms with Gasteiger partial charge in [-0.15, -0.1) is 0 Å². The van der Waals surface area contributed by atoms with E-state index in [0.29, 0.717) is 5.69 Å². The van der Waals surface area contributed by atoms with Gasteiger partial charge in [-0.05, 0) is 0 Å². The quantitative estimate of drug-likeness (QED) is 0.681. The minimum atomic E-state index is -1.09. The fourth-order valence-electron chi connectivity index (χ4n) is 1.06. The second-order valence-corrected chi connectivity index (χ2v) is 3.30. The highest BCUT2D eigenvalue weighted by molar-refractivity contribution is 6.01. The topological polar surface area (TPSA) is 113 Å². The lowest BCUT2D eigenvalue weighted by Crippen LogP contribution is -2.34. The van der Waals surface area contributed by atoms with Gasteiger partial charge in [0.05, 0.1) is 18.3 Å². The van der Waals surface area contributed by atoms with E-state index in [9.17, 15) is 14.4 Å². The van der Waals surface area contributed by atoms with Crippen LogP contribution < -0.4 is 10.6 Å². The molecule has 0 fully saturated rings. The maximum absolute atomic E-state index is 11.2. The highest BCUT2D eigenvalue weighted by Crippen LogP contribution is 2.02. The first kappa shape index (κ1) is 12.7. The lowest BCUT2D eigenvalue weighted by molar-refractivity contribution is -0.138. The van der Waals surface area contributed by atoms with Gasteiger partial charge in [0.2, 0.25) is 5.91 Å². The number of imide groups is 1. The minimum absolute atomic E-state index is 0.240. The molecule has 3 amide bonds. The van der Waals surface area contributed by atoms with E-state index in [1.54, 1.807) is 13.2 Å². The van der Waals surface area contributed by atoms with Crippen LogP contribution in [0.1, 0.15) is 12.8 Å². The largest absolute Gasteiger partial charge is 0.481 e. The smallest absolute Gasteiger partial charge is 0.325 e. The summed E-state index contributed by atoms with van der Waals surface area (Å²) in [6.07, 6.45) is 2.42. The summed E-state index contributed by atoms with van der Waals surface area (Å²) in [7, 11) is 1.68. The van der Waals surface area contributed by atoms with E-state index in [0.717, 1.165) is 0 Å². The summed E-state index contributed by atoms with van der Waals surface area (Å²) in [6.45, 7) is 0. The van der Waals surface area contributed by atoms with Gasteiger partial charge in [0, 0.05) is 19.7 Å². The maximum atomic E-state index is 11.2. The third kappa shape index (κ3) is 4.78. The number of nitrogens with one attached hydrogen (secondary N) is 2. The Morgan fingerprint density at radius 3 is 2.65 bits per heavy atom. The van der Waals surface area contributed by atoms with Crippen LogP contribution in [0.4, 0.5) is 10.5 Å². The predicted octanol–water partition coefficient (Wildman–Crippen LogP) is -0.0670. The Morgan fingerprint density at radius 2 is 2.12 bits per heavy atom. The molecule has 1 rings (SSSR count). The number of rotatable bonds is 4. The first-order chi connectivity index (χ1) is 7.97. The maximum Gasteiger partial charge on any atom is 0.325 e. The summed E-state index contributed by atoms with van der Waals surface area (Å²) < 4.78 is 1.49. The zero-order valence-corrected chi connectivity index (χ0v) is 9.14. The molecule has 0 spiro atoms. The summed E-state index contributed by atoms with van der Waals surface area (Å²) in [5.74, 6) is -1.73. The van der Waals surface area contributed by atoms with Crippen LogP contribution in [0.25, 0.3) is 0 Å². The summed E-state index contributed by atoms with van der Waals surface area (Å²) in [5, 5.41) is 16.5. The molecule has 8 heteroatoms. The van der Waals surface area contributed by atoms with E-state index < -0.39 is 17.9 Å². The first-order valence-electron chi connectivity index (χ1n) is 4.78. The van der Waals surface area contributed by atoms with Crippen LogP contribution in [0.3, 0.4) is 0 Å². The van der Waals surface area contributed by atoms with Gasteiger partial charge in [0.1, 0.15) is 0 Å². The van der Waals surface area contributed by atoms with Crippen LogP contribution in [-0.2, 0) is 16.6 Å². The number of hydrogen-bond acceptors (Lipinski definition) is 4. The Hall–Kier alpha value is -2.38. The van der Waals surface area contributed by atoms with Crippen molar-refractivity contribution in [1.29, 1.82) is 0 Å². The first-order valence-corrected chi connectivity index (χ1v) is 4.78. The lowest BCUT2D eigenvalue weighted by atomic mass is 10.3. The fraction of sp³-hybridized carbons (Fsp3) is 0.333. The third-order valence-corrected chi connectivity index (χ3v) is 1.78. The fourth-order valence-corrected chi connectivity index (χ4v) is 1.06. The molecule has 0 aliphatic heterocycles. The third-order valence-electron chi connectivity index (χ3n) is 1.78. The van der Waals surface area contributed by atoms with Crippen molar-refractivity contribution in [3.8, 4) is 0 Å². The monoisotopic (exact) mass is 240 g/mol. The highest BCUT2D eigenvalue weighted by atomic mass is 16.4. The predicted molar refractivity (Wildman–Crippen MR) is 57.2 cm³/mol. The van der Waals surface area contributed by atoms with Gasteiger partial charge < -0.3 is 10.4 Å². The number of carboxylic acids is 1. The molecule has 92 valence electrons. The van der Waals surface area contributed by atoms with Crippen LogP contribution >= 0.6 is 0 Å². The van der Waals surface area contributed by atoms with Crippen LogP contribution in [-0.4, -0.2) is 32.8 Å². The molecule has 0 atom stereocenters. The molecule has 1 heterocycles. The number of anilines is 1. The average Bonchev–Trinajstić information content (AvgIpc) is 2.60. The van der Waals surface area contributed by atoms with Gasteiger partial charge in [0.15, 0.2) is 0 Å². The molecule has 1 aromatic heterocycles. The number of urea groups is 1. The summed E-state index contributed by atoms with van der Waals surface area (Å²) in [6, 6.07) is -0.714. The van der Waals surface area contributed by atoms with E-state index in [1.165, 1.54) is 10.9 Å².